The lowest BCUT2D eigenvalue weighted by Crippen LogP contribution is -3.00. The summed E-state index contributed by atoms with van der Waals surface area (Å²) in [7, 11) is 4.20. The van der Waals surface area contributed by atoms with Crippen molar-refractivity contribution in [1.82, 2.24) is 10.3 Å². The minimum absolute atomic E-state index is 0. The molecule has 0 aliphatic heterocycles. The third kappa shape index (κ3) is 9.67. The molecule has 1 heterocycles. The van der Waals surface area contributed by atoms with Gasteiger partial charge in [0.1, 0.15) is 18.8 Å². The van der Waals surface area contributed by atoms with E-state index in [1.165, 1.54) is 56.3 Å². The number of allylic oxidation sites excluding steroid dienone is 1. The highest BCUT2D eigenvalue weighted by atomic mass is 79.9. The van der Waals surface area contributed by atoms with E-state index in [1.807, 2.05) is 47.7 Å². The highest BCUT2D eigenvalue weighted by Gasteiger charge is 2.23. The van der Waals surface area contributed by atoms with E-state index in [2.05, 4.69) is 23.4 Å². The highest BCUT2D eigenvalue weighted by Crippen LogP contribution is 2.26. The number of nitrogens with one attached hydrogen (secondary N) is 1. The van der Waals surface area contributed by atoms with Crippen LogP contribution in [0.4, 0.5) is 10.8 Å². The second-order valence-electron chi connectivity index (χ2n) is 9.64. The molecule has 2 N–H and O–H groups in total. The lowest BCUT2D eigenvalue weighted by Gasteiger charge is -2.35. The van der Waals surface area contributed by atoms with Crippen LogP contribution in [0.25, 0.3) is 0 Å². The van der Waals surface area contributed by atoms with Gasteiger partial charge in [-0.2, -0.15) is 0 Å². The number of para-hydroxylation sites is 1. The van der Waals surface area contributed by atoms with Crippen molar-refractivity contribution in [2.45, 2.75) is 51.4 Å². The maximum atomic E-state index is 12.6. The molecule has 3 rings (SSSR count). The van der Waals surface area contributed by atoms with Crippen LogP contribution >= 0.6 is 11.3 Å². The fraction of sp³-hybridized carbons (Fsp3) is 0.556. The molecular formula is C27H41BrN4O2S. The fourth-order valence-electron chi connectivity index (χ4n) is 4.62. The number of hydrogen-bond acceptors (Lipinski definition) is 5. The van der Waals surface area contributed by atoms with Crippen molar-refractivity contribution in [2.75, 3.05) is 51.8 Å². The van der Waals surface area contributed by atoms with Gasteiger partial charge in [0, 0.05) is 31.1 Å². The van der Waals surface area contributed by atoms with Gasteiger partial charge in [-0.1, -0.05) is 43.5 Å². The molecule has 1 aromatic carbocycles. The molecule has 194 valence electrons. The van der Waals surface area contributed by atoms with Gasteiger partial charge in [0.25, 0.3) is 5.91 Å². The summed E-state index contributed by atoms with van der Waals surface area (Å²) in [5, 5.41) is 15.3. The molecule has 0 bridgehead atoms. The van der Waals surface area contributed by atoms with Crippen molar-refractivity contribution >= 4 is 28.1 Å². The Morgan fingerprint density at radius 3 is 2.66 bits per heavy atom. The zero-order valence-corrected chi connectivity index (χ0v) is 23.6. The summed E-state index contributed by atoms with van der Waals surface area (Å²) < 4.78 is 0.820. The summed E-state index contributed by atoms with van der Waals surface area (Å²) in [5.74, 6) is -0.126. The van der Waals surface area contributed by atoms with Crippen LogP contribution in [0.5, 0.6) is 0 Å². The van der Waals surface area contributed by atoms with Gasteiger partial charge in [-0.25, -0.2) is 4.98 Å². The summed E-state index contributed by atoms with van der Waals surface area (Å²) in [6.45, 7) is 3.46. The molecule has 2 aromatic rings. The summed E-state index contributed by atoms with van der Waals surface area (Å²) in [6, 6.07) is 10.0. The van der Waals surface area contributed by atoms with Crippen molar-refractivity contribution < 1.29 is 31.4 Å². The van der Waals surface area contributed by atoms with Crippen LogP contribution in [-0.4, -0.2) is 67.4 Å². The molecule has 0 fully saturated rings. The predicted molar refractivity (Wildman–Crippen MR) is 142 cm³/mol. The van der Waals surface area contributed by atoms with Gasteiger partial charge in [0.2, 0.25) is 0 Å². The lowest BCUT2D eigenvalue weighted by atomic mass is 10.1. The van der Waals surface area contributed by atoms with E-state index in [0.29, 0.717) is 12.2 Å². The van der Waals surface area contributed by atoms with E-state index < -0.39 is 0 Å². The van der Waals surface area contributed by atoms with Crippen LogP contribution in [-0.2, 0) is 0 Å². The monoisotopic (exact) mass is 564 g/mol. The standard InChI is InChI=1S/C27H40N4O2S.BrH/c1-30(24-15-10-7-11-16-24)27-29-25(22-34-27)26(33)28-17-12-18-31(2,19-20-32)21-23-13-8-5-3-4-6-9-14-23;/h7,10-11,13,15-16,22,32H,3-6,8-9,12,14,17-21H2,1-2H3;1H/b23-13+;. The van der Waals surface area contributed by atoms with E-state index in [0.717, 1.165) is 41.4 Å². The van der Waals surface area contributed by atoms with Gasteiger partial charge in [-0.05, 0) is 43.4 Å². The Morgan fingerprint density at radius 1 is 1.14 bits per heavy atom. The van der Waals surface area contributed by atoms with E-state index in [1.54, 1.807) is 5.57 Å². The molecule has 1 aliphatic rings. The molecule has 0 spiro atoms. The number of aromatic nitrogens is 1. The summed E-state index contributed by atoms with van der Waals surface area (Å²) in [5.41, 5.74) is 3.05. The molecule has 0 radical (unpaired) electrons. The van der Waals surface area contributed by atoms with E-state index >= 15 is 0 Å². The van der Waals surface area contributed by atoms with Crippen molar-refractivity contribution in [3.8, 4) is 0 Å². The number of aliphatic hydroxyl groups excluding tert-OH is 1. The third-order valence-electron chi connectivity index (χ3n) is 6.68. The molecule has 1 aromatic heterocycles. The van der Waals surface area contributed by atoms with E-state index in [-0.39, 0.29) is 29.5 Å². The van der Waals surface area contributed by atoms with Crippen LogP contribution < -0.4 is 27.2 Å². The molecule has 1 aliphatic carbocycles. The molecule has 35 heavy (non-hydrogen) atoms. The molecule has 1 amide bonds. The summed E-state index contributed by atoms with van der Waals surface area (Å²) in [6.07, 6.45) is 12.3. The van der Waals surface area contributed by atoms with Gasteiger partial charge in [-0.15, -0.1) is 11.3 Å². The maximum Gasteiger partial charge on any atom is 0.270 e. The van der Waals surface area contributed by atoms with E-state index in [9.17, 15) is 9.90 Å². The summed E-state index contributed by atoms with van der Waals surface area (Å²) in [4.78, 5) is 19.2. The van der Waals surface area contributed by atoms with Crippen molar-refractivity contribution in [2.24, 2.45) is 0 Å². The SMILES string of the molecule is CN(c1ccccc1)c1nc(C(=O)NCCC[N+](C)(CCO)C/C2=C/CCCCCCC2)cs1.[Br-]. The Kier molecular flexibility index (Phi) is 13.0. The number of thiazole rings is 1. The van der Waals surface area contributed by atoms with Crippen LogP contribution in [0.3, 0.4) is 0 Å². The molecule has 0 saturated heterocycles. The second kappa shape index (κ2) is 15.4. The average Bonchev–Trinajstić information content (AvgIpc) is 3.37. The molecule has 6 nitrogen and oxygen atoms in total. The molecule has 0 saturated carbocycles. The second-order valence-corrected chi connectivity index (χ2v) is 10.5. The zero-order chi connectivity index (χ0) is 24.2. The number of carbonyl (C=O) groups excluding carboxylic acids is 1. The van der Waals surface area contributed by atoms with Gasteiger partial charge in [0.05, 0.1) is 20.2 Å². The van der Waals surface area contributed by atoms with Gasteiger partial charge in [-0.3, -0.25) is 4.79 Å². The number of likely N-dealkylation sites (N-methyl/N-ethyl adjacent to an activating group) is 1. The first-order chi connectivity index (χ1) is 16.5. The molecule has 1 unspecified atom stereocenters. The predicted octanol–water partition coefficient (Wildman–Crippen LogP) is 2.14. The smallest absolute Gasteiger partial charge is 0.270 e. The van der Waals surface area contributed by atoms with Crippen LogP contribution in [0.2, 0.25) is 0 Å². The topological polar surface area (TPSA) is 65.5 Å². The zero-order valence-electron chi connectivity index (χ0n) is 21.2. The molecular weight excluding hydrogens is 524 g/mol. The Bertz CT molecular complexity index is 921. The highest BCUT2D eigenvalue weighted by molar-refractivity contribution is 7.14. The number of halogens is 1. The Hall–Kier alpha value is -1.74. The first kappa shape index (κ1) is 29.5. The Labute approximate surface area is 225 Å². The number of anilines is 2. The number of quaternary nitrogens is 1. The molecule has 8 heteroatoms. The van der Waals surface area contributed by atoms with Gasteiger partial charge in [0.15, 0.2) is 5.13 Å². The number of aliphatic hydroxyl groups is 1. The number of hydrogen-bond donors (Lipinski definition) is 2. The Morgan fingerprint density at radius 2 is 1.89 bits per heavy atom. The number of amides is 1. The quantitative estimate of drug-likeness (QED) is 0.249. The van der Waals surface area contributed by atoms with Crippen LogP contribution in [0, 0.1) is 0 Å². The average molecular weight is 566 g/mol. The summed E-state index contributed by atoms with van der Waals surface area (Å²) >= 11 is 1.47. The fourth-order valence-corrected chi connectivity index (χ4v) is 5.41. The Balaban J connectivity index is 0.00000432. The van der Waals surface area contributed by atoms with E-state index in [4.69, 9.17) is 0 Å². The van der Waals surface area contributed by atoms with Crippen molar-refractivity contribution in [3.05, 3.63) is 53.1 Å². The number of nitrogens with zero attached hydrogens (tertiary/aromatic N) is 3. The first-order valence-electron chi connectivity index (χ1n) is 12.7. The van der Waals surface area contributed by atoms with Crippen molar-refractivity contribution in [3.63, 3.8) is 0 Å². The number of benzene rings is 1. The minimum Gasteiger partial charge on any atom is -1.00 e. The minimum atomic E-state index is -0.126. The third-order valence-corrected chi connectivity index (χ3v) is 7.59. The van der Waals surface area contributed by atoms with Gasteiger partial charge < -0.3 is 36.8 Å². The van der Waals surface area contributed by atoms with Gasteiger partial charge >= 0.3 is 0 Å². The van der Waals surface area contributed by atoms with Crippen LogP contribution in [0.1, 0.15) is 61.9 Å². The lowest BCUT2D eigenvalue weighted by molar-refractivity contribution is -0.905. The first-order valence-corrected chi connectivity index (χ1v) is 13.5. The number of rotatable bonds is 11. The van der Waals surface area contributed by atoms with Crippen LogP contribution in [0.15, 0.2) is 47.4 Å². The largest absolute Gasteiger partial charge is 1.00 e. The maximum absolute atomic E-state index is 12.6. The van der Waals surface area contributed by atoms with Crippen molar-refractivity contribution in [1.29, 1.82) is 0 Å². The molecule has 1 atom stereocenters. The number of carbonyl (C=O) groups is 1. The normalized spacial score (nSPS) is 17.5.